The number of likely N-dealkylation sites (N-methyl/N-ethyl adjacent to an activating group) is 1. The number of piperidine rings is 1. The standard InChI is InChI=1S/C25H23F4N5O/c1-2-33(21-8-7-16(13-32-21)25(27,28)29)19-11-15-12-20(19)34(14-15)24(35)17-5-3-6-18(26)22(17)23-30-9-4-10-31-23/h3-10,13,15,19-20H,2,11-12,14H2,1H3/t15?,19-,20?/m0/s1. The van der Waals surface area contributed by atoms with Crippen molar-refractivity contribution in [3.63, 3.8) is 0 Å². The minimum atomic E-state index is -4.46. The highest BCUT2D eigenvalue weighted by molar-refractivity contribution is 6.00. The van der Waals surface area contributed by atoms with Crippen LogP contribution in [0.15, 0.2) is 55.0 Å². The summed E-state index contributed by atoms with van der Waals surface area (Å²) in [5.41, 5.74) is -0.545. The van der Waals surface area contributed by atoms with Gasteiger partial charge in [0.2, 0.25) is 0 Å². The number of likely N-dealkylation sites (tertiary alicyclic amines) is 1. The number of benzene rings is 1. The van der Waals surface area contributed by atoms with E-state index in [1.54, 1.807) is 17.0 Å². The molecule has 2 fully saturated rings. The number of alkyl halides is 3. The molecule has 10 heteroatoms. The minimum Gasteiger partial charge on any atom is -0.352 e. The van der Waals surface area contributed by atoms with Crippen LogP contribution in [0.2, 0.25) is 0 Å². The molecule has 2 unspecified atom stereocenters. The van der Waals surface area contributed by atoms with E-state index >= 15 is 0 Å². The fraction of sp³-hybridized carbons (Fsp3) is 0.360. The zero-order valence-corrected chi connectivity index (χ0v) is 18.9. The monoisotopic (exact) mass is 485 g/mol. The molecule has 3 atom stereocenters. The second-order valence-corrected chi connectivity index (χ2v) is 8.85. The summed E-state index contributed by atoms with van der Waals surface area (Å²) in [4.78, 5) is 29.7. The molecule has 2 bridgehead atoms. The van der Waals surface area contributed by atoms with Crippen molar-refractivity contribution in [3.8, 4) is 11.4 Å². The van der Waals surface area contributed by atoms with E-state index in [-0.39, 0.29) is 40.9 Å². The van der Waals surface area contributed by atoms with Crippen molar-refractivity contribution in [1.82, 2.24) is 19.9 Å². The van der Waals surface area contributed by atoms with Gasteiger partial charge in [0.05, 0.1) is 28.8 Å². The molecule has 0 radical (unpaired) electrons. The van der Waals surface area contributed by atoms with Crippen LogP contribution in [0.25, 0.3) is 11.4 Å². The smallest absolute Gasteiger partial charge is 0.352 e. The molecule has 3 aromatic rings. The fourth-order valence-corrected chi connectivity index (χ4v) is 5.36. The summed E-state index contributed by atoms with van der Waals surface area (Å²) in [6.45, 7) is 2.98. The van der Waals surface area contributed by atoms with Gasteiger partial charge in [-0.25, -0.2) is 19.3 Å². The Bertz CT molecular complexity index is 1220. The van der Waals surface area contributed by atoms with Crippen molar-refractivity contribution in [3.05, 3.63) is 71.9 Å². The second kappa shape index (κ2) is 8.90. The first-order valence-corrected chi connectivity index (χ1v) is 11.4. The molecule has 3 heterocycles. The number of nitrogens with zero attached hydrogens (tertiary/aromatic N) is 5. The van der Waals surface area contributed by atoms with E-state index in [0.29, 0.717) is 18.9 Å². The van der Waals surface area contributed by atoms with Gasteiger partial charge in [0.15, 0.2) is 5.82 Å². The lowest BCUT2D eigenvalue weighted by Gasteiger charge is -2.40. The fourth-order valence-electron chi connectivity index (χ4n) is 5.36. The Morgan fingerprint density at radius 2 is 1.86 bits per heavy atom. The summed E-state index contributed by atoms with van der Waals surface area (Å²) in [7, 11) is 0. The van der Waals surface area contributed by atoms with Gasteiger partial charge < -0.3 is 9.80 Å². The third kappa shape index (κ3) is 4.21. The predicted molar refractivity (Wildman–Crippen MR) is 121 cm³/mol. The van der Waals surface area contributed by atoms with Crippen LogP contribution >= 0.6 is 0 Å². The van der Waals surface area contributed by atoms with Crippen molar-refractivity contribution in [2.45, 2.75) is 38.0 Å². The van der Waals surface area contributed by atoms with Crippen LogP contribution in [0.5, 0.6) is 0 Å². The number of halogens is 4. The lowest BCUT2D eigenvalue weighted by molar-refractivity contribution is -0.137. The Hall–Kier alpha value is -3.56. The minimum absolute atomic E-state index is 0.0641. The zero-order chi connectivity index (χ0) is 24.7. The first kappa shape index (κ1) is 23.2. The highest BCUT2D eigenvalue weighted by Gasteiger charge is 2.49. The molecule has 0 N–H and O–H groups in total. The van der Waals surface area contributed by atoms with Gasteiger partial charge in [-0.15, -0.1) is 0 Å². The van der Waals surface area contributed by atoms with E-state index in [9.17, 15) is 22.4 Å². The lowest BCUT2D eigenvalue weighted by Crippen LogP contribution is -2.52. The van der Waals surface area contributed by atoms with E-state index < -0.39 is 17.6 Å². The SMILES string of the molecule is CCN(c1ccc(C(F)(F)F)cn1)[C@H]1CC2CC1N(C(=O)c1cccc(F)c1-c1ncccn1)C2. The van der Waals surface area contributed by atoms with Gasteiger partial charge in [-0.1, -0.05) is 6.07 Å². The van der Waals surface area contributed by atoms with Gasteiger partial charge in [-0.05, 0) is 56.0 Å². The van der Waals surface area contributed by atoms with E-state index in [4.69, 9.17) is 0 Å². The quantitative estimate of drug-likeness (QED) is 0.485. The van der Waals surface area contributed by atoms with Crippen LogP contribution < -0.4 is 4.90 Å². The molecule has 1 aromatic carbocycles. The Labute approximate surface area is 199 Å². The van der Waals surface area contributed by atoms with E-state index in [2.05, 4.69) is 15.0 Å². The number of amides is 1. The molecule has 2 aliphatic rings. The van der Waals surface area contributed by atoms with Crippen molar-refractivity contribution < 1.29 is 22.4 Å². The maximum absolute atomic E-state index is 14.8. The normalized spacial score (nSPS) is 21.4. The van der Waals surface area contributed by atoms with E-state index in [1.807, 2.05) is 11.8 Å². The second-order valence-electron chi connectivity index (χ2n) is 8.85. The third-order valence-electron chi connectivity index (χ3n) is 6.85. The number of anilines is 1. The van der Waals surface area contributed by atoms with Crippen molar-refractivity contribution in [1.29, 1.82) is 0 Å². The Kier molecular flexibility index (Phi) is 5.90. The molecule has 182 valence electrons. The summed E-state index contributed by atoms with van der Waals surface area (Å²) >= 11 is 0. The van der Waals surface area contributed by atoms with Crippen LogP contribution in [0, 0.1) is 11.7 Å². The summed E-state index contributed by atoms with van der Waals surface area (Å²) in [6.07, 6.45) is 0.958. The third-order valence-corrected chi connectivity index (χ3v) is 6.85. The maximum atomic E-state index is 14.8. The number of carbonyl (C=O) groups is 1. The number of fused-ring (bicyclic) bond motifs is 2. The van der Waals surface area contributed by atoms with E-state index in [0.717, 1.165) is 25.1 Å². The molecular formula is C25H23F4N5O. The molecule has 1 saturated carbocycles. The maximum Gasteiger partial charge on any atom is 0.417 e. The van der Waals surface area contributed by atoms with Gasteiger partial charge >= 0.3 is 6.18 Å². The number of aromatic nitrogens is 3. The summed E-state index contributed by atoms with van der Waals surface area (Å²) in [6, 6.07) is 8.10. The van der Waals surface area contributed by atoms with Crippen molar-refractivity contribution >= 4 is 11.7 Å². The molecule has 0 spiro atoms. The molecule has 1 aliphatic carbocycles. The average Bonchev–Trinajstić information content (AvgIpc) is 3.46. The number of rotatable bonds is 5. The largest absolute Gasteiger partial charge is 0.417 e. The molecule has 1 saturated heterocycles. The topological polar surface area (TPSA) is 62.2 Å². The highest BCUT2D eigenvalue weighted by Crippen LogP contribution is 2.43. The Balaban J connectivity index is 1.43. The number of pyridine rings is 1. The van der Waals surface area contributed by atoms with Crippen LogP contribution in [-0.4, -0.2) is 50.9 Å². The zero-order valence-electron chi connectivity index (χ0n) is 18.9. The molecule has 5 rings (SSSR count). The first-order valence-electron chi connectivity index (χ1n) is 11.4. The summed E-state index contributed by atoms with van der Waals surface area (Å²) in [5, 5.41) is 0. The van der Waals surface area contributed by atoms with Gasteiger partial charge in [0.1, 0.15) is 11.6 Å². The summed E-state index contributed by atoms with van der Waals surface area (Å²) in [5.74, 6) is -0.0521. The predicted octanol–water partition coefficient (Wildman–Crippen LogP) is 4.83. The first-order chi connectivity index (χ1) is 16.8. The summed E-state index contributed by atoms with van der Waals surface area (Å²) < 4.78 is 53.8. The van der Waals surface area contributed by atoms with Crippen molar-refractivity contribution in [2.24, 2.45) is 5.92 Å². The molecule has 35 heavy (non-hydrogen) atoms. The molecule has 1 aliphatic heterocycles. The number of hydrogen-bond donors (Lipinski definition) is 0. The molecule has 1 amide bonds. The van der Waals surface area contributed by atoms with Gasteiger partial charge in [-0.2, -0.15) is 13.2 Å². The Morgan fingerprint density at radius 3 is 2.49 bits per heavy atom. The van der Waals surface area contributed by atoms with Gasteiger partial charge in [-0.3, -0.25) is 4.79 Å². The van der Waals surface area contributed by atoms with Crippen LogP contribution in [0.4, 0.5) is 23.4 Å². The number of carbonyl (C=O) groups excluding carboxylic acids is 1. The highest BCUT2D eigenvalue weighted by atomic mass is 19.4. The molecular weight excluding hydrogens is 462 g/mol. The molecule has 2 aromatic heterocycles. The molecule has 6 nitrogen and oxygen atoms in total. The van der Waals surface area contributed by atoms with Gasteiger partial charge in [0, 0.05) is 31.7 Å². The average molecular weight is 485 g/mol. The van der Waals surface area contributed by atoms with Crippen molar-refractivity contribution in [2.75, 3.05) is 18.0 Å². The van der Waals surface area contributed by atoms with Crippen LogP contribution in [0.3, 0.4) is 0 Å². The number of hydrogen-bond acceptors (Lipinski definition) is 5. The lowest BCUT2D eigenvalue weighted by atomic mass is 10.00. The van der Waals surface area contributed by atoms with Crippen LogP contribution in [-0.2, 0) is 6.18 Å². The van der Waals surface area contributed by atoms with Crippen LogP contribution in [0.1, 0.15) is 35.7 Å². The van der Waals surface area contributed by atoms with Gasteiger partial charge in [0.25, 0.3) is 5.91 Å². The van der Waals surface area contributed by atoms with E-state index in [1.165, 1.54) is 30.6 Å². The Morgan fingerprint density at radius 1 is 1.09 bits per heavy atom.